The molecule has 0 saturated carbocycles. The van der Waals surface area contributed by atoms with E-state index < -0.39 is 40.4 Å². The van der Waals surface area contributed by atoms with Crippen LogP contribution >= 0.6 is 22.6 Å². The summed E-state index contributed by atoms with van der Waals surface area (Å²) in [4.78, 5) is 23.3. The minimum absolute atomic E-state index is 0.232. The summed E-state index contributed by atoms with van der Waals surface area (Å²) in [6, 6.07) is 5.48. The number of hydrogen-bond acceptors (Lipinski definition) is 2. The second-order valence-electron chi connectivity index (χ2n) is 4.23. The molecule has 0 heterocycles. The summed E-state index contributed by atoms with van der Waals surface area (Å²) in [7, 11) is 0. The minimum Gasteiger partial charge on any atom is -0.366 e. The molecular weight excluding hydrogens is 412 g/mol. The van der Waals surface area contributed by atoms with E-state index in [0.29, 0.717) is 9.64 Å². The Kier molecular flexibility index (Phi) is 4.69. The lowest BCUT2D eigenvalue weighted by atomic mass is 10.0. The van der Waals surface area contributed by atoms with Crippen LogP contribution in [0.3, 0.4) is 0 Å². The first-order valence-electron chi connectivity index (χ1n) is 5.85. The fraction of sp³-hybridized carbons (Fsp3) is 0. The highest BCUT2D eigenvalue weighted by Gasteiger charge is 2.23. The fourth-order valence-electron chi connectivity index (χ4n) is 1.75. The van der Waals surface area contributed by atoms with E-state index in [4.69, 9.17) is 5.73 Å². The summed E-state index contributed by atoms with van der Waals surface area (Å²) in [6.07, 6.45) is 0. The van der Waals surface area contributed by atoms with Gasteiger partial charge in [-0.05, 0) is 52.9 Å². The highest BCUT2D eigenvalue weighted by molar-refractivity contribution is 14.1. The standard InChI is InChI=1S/C14H8F3IN2O2/c15-8-3-2-7(13(19)21)11(12(8)17)14(22)20-10-4-1-6(18)5-9(10)16/h1-5H,(H2,19,21)(H,20,22). The molecule has 8 heteroatoms. The molecule has 0 saturated heterocycles. The van der Waals surface area contributed by atoms with Crippen molar-refractivity contribution in [1.29, 1.82) is 0 Å². The zero-order chi connectivity index (χ0) is 16.4. The van der Waals surface area contributed by atoms with Crippen LogP contribution in [0.1, 0.15) is 20.7 Å². The zero-order valence-electron chi connectivity index (χ0n) is 10.8. The van der Waals surface area contributed by atoms with Crippen LogP contribution in [0.15, 0.2) is 30.3 Å². The maximum atomic E-state index is 13.8. The van der Waals surface area contributed by atoms with Crippen molar-refractivity contribution >= 4 is 40.1 Å². The number of benzene rings is 2. The van der Waals surface area contributed by atoms with Gasteiger partial charge < -0.3 is 11.1 Å². The summed E-state index contributed by atoms with van der Waals surface area (Å²) in [6.45, 7) is 0. The highest BCUT2D eigenvalue weighted by Crippen LogP contribution is 2.21. The first-order valence-corrected chi connectivity index (χ1v) is 6.93. The molecule has 114 valence electrons. The molecule has 0 aromatic heterocycles. The number of carbonyl (C=O) groups is 2. The summed E-state index contributed by atoms with van der Waals surface area (Å²) >= 11 is 1.87. The Labute approximate surface area is 136 Å². The van der Waals surface area contributed by atoms with Crippen LogP contribution in [0.25, 0.3) is 0 Å². The topological polar surface area (TPSA) is 72.2 Å². The maximum absolute atomic E-state index is 13.8. The second-order valence-corrected chi connectivity index (χ2v) is 5.47. The van der Waals surface area contributed by atoms with Gasteiger partial charge in [0.15, 0.2) is 11.6 Å². The normalized spacial score (nSPS) is 10.4. The number of amides is 2. The Hall–Kier alpha value is -2.10. The Morgan fingerprint density at radius 2 is 1.73 bits per heavy atom. The minimum atomic E-state index is -1.53. The third-order valence-corrected chi connectivity index (χ3v) is 3.44. The molecule has 4 nitrogen and oxygen atoms in total. The van der Waals surface area contributed by atoms with Crippen LogP contribution in [-0.2, 0) is 0 Å². The van der Waals surface area contributed by atoms with E-state index in [-0.39, 0.29) is 5.69 Å². The van der Waals surface area contributed by atoms with Crippen molar-refractivity contribution in [2.45, 2.75) is 0 Å². The molecule has 0 aliphatic rings. The fourth-order valence-corrected chi connectivity index (χ4v) is 2.21. The summed E-state index contributed by atoms with van der Waals surface area (Å²) in [5.74, 6) is -5.88. The third kappa shape index (κ3) is 3.21. The number of hydrogen-bond donors (Lipinski definition) is 2. The van der Waals surface area contributed by atoms with Crippen LogP contribution in [0, 0.1) is 21.0 Å². The Balaban J connectivity index is 2.45. The maximum Gasteiger partial charge on any atom is 0.259 e. The smallest absolute Gasteiger partial charge is 0.259 e. The van der Waals surface area contributed by atoms with Crippen molar-refractivity contribution in [2.24, 2.45) is 5.73 Å². The predicted molar refractivity (Wildman–Crippen MR) is 81.9 cm³/mol. The van der Waals surface area contributed by atoms with Gasteiger partial charge in [0, 0.05) is 3.57 Å². The molecule has 2 rings (SSSR count). The van der Waals surface area contributed by atoms with Crippen LogP contribution < -0.4 is 11.1 Å². The van der Waals surface area contributed by atoms with Gasteiger partial charge in [-0.25, -0.2) is 13.2 Å². The molecule has 22 heavy (non-hydrogen) atoms. The van der Waals surface area contributed by atoms with Crippen LogP contribution in [0.5, 0.6) is 0 Å². The van der Waals surface area contributed by atoms with Crippen molar-refractivity contribution in [1.82, 2.24) is 0 Å². The molecule has 0 atom stereocenters. The second kappa shape index (κ2) is 6.34. The number of primary amides is 1. The molecule has 0 aliphatic carbocycles. The van der Waals surface area contributed by atoms with Gasteiger partial charge in [-0.2, -0.15) is 0 Å². The van der Waals surface area contributed by atoms with Crippen molar-refractivity contribution < 1.29 is 22.8 Å². The van der Waals surface area contributed by atoms with E-state index in [1.54, 1.807) is 0 Å². The Morgan fingerprint density at radius 1 is 1.05 bits per heavy atom. The van der Waals surface area contributed by atoms with E-state index in [2.05, 4.69) is 5.32 Å². The van der Waals surface area contributed by atoms with E-state index in [1.165, 1.54) is 12.1 Å². The predicted octanol–water partition coefficient (Wildman–Crippen LogP) is 3.06. The summed E-state index contributed by atoms with van der Waals surface area (Å²) < 4.78 is 41.3. The van der Waals surface area contributed by atoms with Gasteiger partial charge in [0.2, 0.25) is 5.91 Å². The molecule has 0 fully saturated rings. The first-order chi connectivity index (χ1) is 10.3. The van der Waals surface area contributed by atoms with Gasteiger partial charge in [-0.1, -0.05) is 0 Å². The lowest BCUT2D eigenvalue weighted by Gasteiger charge is -2.10. The molecule has 0 unspecified atom stereocenters. The quantitative estimate of drug-likeness (QED) is 0.750. The number of anilines is 1. The number of rotatable bonds is 3. The Morgan fingerprint density at radius 3 is 2.32 bits per heavy atom. The van der Waals surface area contributed by atoms with Crippen LogP contribution in [0.2, 0.25) is 0 Å². The van der Waals surface area contributed by atoms with Gasteiger partial charge in [-0.15, -0.1) is 0 Å². The third-order valence-electron chi connectivity index (χ3n) is 2.77. The molecule has 0 spiro atoms. The lowest BCUT2D eigenvalue weighted by Crippen LogP contribution is -2.23. The first kappa shape index (κ1) is 16.3. The zero-order valence-corrected chi connectivity index (χ0v) is 12.9. The van der Waals surface area contributed by atoms with Crippen molar-refractivity contribution in [3.05, 3.63) is 62.5 Å². The van der Waals surface area contributed by atoms with Crippen LogP contribution in [-0.4, -0.2) is 11.8 Å². The molecule has 0 radical (unpaired) electrons. The van der Waals surface area contributed by atoms with Crippen LogP contribution in [0.4, 0.5) is 18.9 Å². The van der Waals surface area contributed by atoms with Gasteiger partial charge in [0.05, 0.1) is 16.8 Å². The average Bonchev–Trinajstić information content (AvgIpc) is 2.44. The van der Waals surface area contributed by atoms with Crippen molar-refractivity contribution in [3.63, 3.8) is 0 Å². The SMILES string of the molecule is NC(=O)c1ccc(F)c(F)c1C(=O)Nc1ccc(I)cc1F. The largest absolute Gasteiger partial charge is 0.366 e. The monoisotopic (exact) mass is 420 g/mol. The molecule has 0 bridgehead atoms. The van der Waals surface area contributed by atoms with Gasteiger partial charge in [-0.3, -0.25) is 9.59 Å². The molecule has 2 aromatic carbocycles. The molecule has 3 N–H and O–H groups in total. The van der Waals surface area contributed by atoms with E-state index in [1.807, 2.05) is 22.6 Å². The molecule has 2 amide bonds. The van der Waals surface area contributed by atoms with Crippen molar-refractivity contribution in [3.8, 4) is 0 Å². The summed E-state index contributed by atoms with van der Waals surface area (Å²) in [5, 5.41) is 2.09. The molecular formula is C14H8F3IN2O2. The molecule has 2 aromatic rings. The van der Waals surface area contributed by atoms with E-state index in [0.717, 1.165) is 12.1 Å². The van der Waals surface area contributed by atoms with E-state index >= 15 is 0 Å². The highest BCUT2D eigenvalue weighted by atomic mass is 127. The number of carbonyl (C=O) groups excluding carboxylic acids is 2. The number of halogens is 4. The van der Waals surface area contributed by atoms with Gasteiger partial charge in [0.1, 0.15) is 5.82 Å². The lowest BCUT2D eigenvalue weighted by molar-refractivity contribution is 0.0973. The molecule has 0 aliphatic heterocycles. The summed E-state index contributed by atoms with van der Waals surface area (Å²) in [5.41, 5.74) is 3.43. The van der Waals surface area contributed by atoms with Crippen molar-refractivity contribution in [2.75, 3.05) is 5.32 Å². The van der Waals surface area contributed by atoms with E-state index in [9.17, 15) is 22.8 Å². The number of nitrogens with two attached hydrogens (primary N) is 1. The Bertz CT molecular complexity index is 781. The average molecular weight is 420 g/mol. The van der Waals surface area contributed by atoms with Gasteiger partial charge >= 0.3 is 0 Å². The van der Waals surface area contributed by atoms with Gasteiger partial charge in [0.25, 0.3) is 5.91 Å². The number of nitrogens with one attached hydrogen (secondary N) is 1.